The van der Waals surface area contributed by atoms with Crippen LogP contribution in [0.5, 0.6) is 0 Å². The third-order valence-corrected chi connectivity index (χ3v) is 8.59. The molecule has 0 unspecified atom stereocenters. The molecule has 1 aliphatic carbocycles. The molecular weight excluding hydrogens is 564 g/mol. The number of nitrogens with zero attached hydrogens (tertiary/aromatic N) is 2. The molecule has 3 heterocycles. The number of nitrogens with one attached hydrogen (secondary N) is 2. The first kappa shape index (κ1) is 26.8. The Balaban J connectivity index is 1.46. The lowest BCUT2D eigenvalue weighted by Gasteiger charge is -2.33. The summed E-state index contributed by atoms with van der Waals surface area (Å²) >= 11 is 13.4. The first-order chi connectivity index (χ1) is 18.1. The molecule has 0 saturated carbocycles. The fourth-order valence-electron chi connectivity index (χ4n) is 4.87. The van der Waals surface area contributed by atoms with E-state index in [1.165, 1.54) is 29.5 Å². The SMILES string of the molecule is CCOC(=O)c1c(NC(=O)c2cc3n(n2)[C@H](C(F)(F)F)C[C@@H](c2ccc(Cl)c(Cl)c2)N3)sc2c1CCCC2. The summed E-state index contributed by atoms with van der Waals surface area (Å²) in [5.74, 6) is -1.21. The highest BCUT2D eigenvalue weighted by molar-refractivity contribution is 7.17. The summed E-state index contributed by atoms with van der Waals surface area (Å²) in [7, 11) is 0. The molecule has 0 saturated heterocycles. The van der Waals surface area contributed by atoms with Gasteiger partial charge < -0.3 is 15.4 Å². The number of thiophene rings is 1. The van der Waals surface area contributed by atoms with Crippen molar-refractivity contribution in [2.24, 2.45) is 0 Å². The Morgan fingerprint density at radius 1 is 1.21 bits per heavy atom. The number of aromatic nitrogens is 2. The summed E-state index contributed by atoms with van der Waals surface area (Å²) < 4.78 is 48.2. The Morgan fingerprint density at radius 2 is 1.97 bits per heavy atom. The van der Waals surface area contributed by atoms with Crippen molar-refractivity contribution in [3.8, 4) is 0 Å². The van der Waals surface area contributed by atoms with E-state index in [4.69, 9.17) is 27.9 Å². The molecule has 2 atom stereocenters. The first-order valence-corrected chi connectivity index (χ1v) is 13.6. The molecule has 1 aromatic carbocycles. The zero-order valence-corrected chi connectivity index (χ0v) is 22.5. The zero-order valence-electron chi connectivity index (χ0n) is 20.1. The summed E-state index contributed by atoms with van der Waals surface area (Å²) in [6.07, 6.45) is -1.60. The van der Waals surface area contributed by atoms with E-state index in [0.29, 0.717) is 27.6 Å². The second-order valence-corrected chi connectivity index (χ2v) is 11.0. The quantitative estimate of drug-likeness (QED) is 0.308. The van der Waals surface area contributed by atoms with Crippen molar-refractivity contribution < 1.29 is 27.5 Å². The van der Waals surface area contributed by atoms with Crippen LogP contribution in [0.25, 0.3) is 0 Å². The summed E-state index contributed by atoms with van der Waals surface area (Å²) in [6, 6.07) is 3.21. The number of esters is 1. The number of amides is 1. The minimum absolute atomic E-state index is 0.0379. The maximum absolute atomic E-state index is 14.1. The van der Waals surface area contributed by atoms with Gasteiger partial charge in [0.2, 0.25) is 0 Å². The van der Waals surface area contributed by atoms with E-state index in [-0.39, 0.29) is 29.6 Å². The number of anilines is 2. The molecule has 0 bridgehead atoms. The van der Waals surface area contributed by atoms with Gasteiger partial charge in [-0.1, -0.05) is 29.3 Å². The molecule has 202 valence electrons. The minimum atomic E-state index is -4.62. The molecule has 1 amide bonds. The third-order valence-electron chi connectivity index (χ3n) is 6.65. The maximum atomic E-state index is 14.1. The van der Waals surface area contributed by atoms with Crippen LogP contribution in [-0.2, 0) is 17.6 Å². The van der Waals surface area contributed by atoms with Crippen LogP contribution in [0.15, 0.2) is 24.3 Å². The number of ether oxygens (including phenoxy) is 1. The number of hydrogen-bond donors (Lipinski definition) is 2. The van der Waals surface area contributed by atoms with Crippen LogP contribution < -0.4 is 10.6 Å². The highest BCUT2D eigenvalue weighted by Gasteiger charge is 2.47. The Hall–Kier alpha value is -2.76. The fourth-order valence-corrected chi connectivity index (χ4v) is 6.45. The Labute approximate surface area is 230 Å². The Kier molecular flexibility index (Phi) is 7.36. The number of aryl methyl sites for hydroxylation is 1. The number of fused-ring (bicyclic) bond motifs is 2. The van der Waals surface area contributed by atoms with Crippen LogP contribution in [0.1, 0.15) is 75.1 Å². The van der Waals surface area contributed by atoms with Gasteiger partial charge in [-0.25, -0.2) is 9.48 Å². The normalized spacial score (nSPS) is 18.8. The number of alkyl halides is 3. The number of carbonyl (C=O) groups is 2. The minimum Gasteiger partial charge on any atom is -0.462 e. The van der Waals surface area contributed by atoms with E-state index in [1.807, 2.05) is 0 Å². The topological polar surface area (TPSA) is 85.2 Å². The van der Waals surface area contributed by atoms with Crippen LogP contribution in [-0.4, -0.2) is 34.4 Å². The van der Waals surface area contributed by atoms with Gasteiger partial charge >= 0.3 is 12.1 Å². The molecule has 2 aromatic heterocycles. The lowest BCUT2D eigenvalue weighted by atomic mass is 9.95. The van der Waals surface area contributed by atoms with Crippen molar-refractivity contribution in [2.75, 3.05) is 17.2 Å². The summed E-state index contributed by atoms with van der Waals surface area (Å²) in [5, 5.41) is 10.6. The molecule has 2 N–H and O–H groups in total. The highest BCUT2D eigenvalue weighted by atomic mass is 35.5. The predicted molar refractivity (Wildman–Crippen MR) is 140 cm³/mol. The van der Waals surface area contributed by atoms with Crippen LogP contribution >= 0.6 is 34.5 Å². The van der Waals surface area contributed by atoms with Crippen molar-refractivity contribution in [1.82, 2.24) is 9.78 Å². The molecule has 2 aliphatic rings. The molecule has 0 fully saturated rings. The largest absolute Gasteiger partial charge is 0.462 e. The number of halogens is 5. The van der Waals surface area contributed by atoms with Gasteiger partial charge in [-0.2, -0.15) is 18.3 Å². The number of rotatable bonds is 5. The van der Waals surface area contributed by atoms with Gasteiger partial charge in [0.25, 0.3) is 5.91 Å². The molecule has 13 heteroatoms. The van der Waals surface area contributed by atoms with E-state index in [1.54, 1.807) is 13.0 Å². The maximum Gasteiger partial charge on any atom is 0.410 e. The van der Waals surface area contributed by atoms with Crippen LogP contribution in [0.2, 0.25) is 10.0 Å². The number of hydrogen-bond acceptors (Lipinski definition) is 6. The molecule has 0 spiro atoms. The Bertz CT molecular complexity index is 1410. The smallest absolute Gasteiger partial charge is 0.410 e. The van der Waals surface area contributed by atoms with E-state index < -0.39 is 30.1 Å². The summed E-state index contributed by atoms with van der Waals surface area (Å²) in [6.45, 7) is 1.87. The molecule has 0 radical (unpaired) electrons. The van der Waals surface area contributed by atoms with Gasteiger partial charge in [0.05, 0.1) is 28.3 Å². The second kappa shape index (κ2) is 10.4. The van der Waals surface area contributed by atoms with Gasteiger partial charge in [-0.05, 0) is 55.9 Å². The van der Waals surface area contributed by atoms with Gasteiger partial charge in [0, 0.05) is 17.4 Å². The summed E-state index contributed by atoms with van der Waals surface area (Å²) in [4.78, 5) is 26.9. The van der Waals surface area contributed by atoms with Crippen molar-refractivity contribution >= 4 is 57.2 Å². The monoisotopic (exact) mass is 586 g/mol. The molecule has 38 heavy (non-hydrogen) atoms. The van der Waals surface area contributed by atoms with Crippen LogP contribution in [0.4, 0.5) is 24.0 Å². The molecular formula is C25H23Cl2F3N4O3S. The lowest BCUT2D eigenvalue weighted by molar-refractivity contribution is -0.173. The van der Waals surface area contributed by atoms with Gasteiger partial charge in [0.15, 0.2) is 11.7 Å². The highest BCUT2D eigenvalue weighted by Crippen LogP contribution is 2.44. The molecule has 1 aliphatic heterocycles. The summed E-state index contributed by atoms with van der Waals surface area (Å²) in [5.41, 5.74) is 1.49. The van der Waals surface area contributed by atoms with Gasteiger partial charge in [-0.15, -0.1) is 11.3 Å². The zero-order chi connectivity index (χ0) is 27.2. The average molecular weight is 587 g/mol. The van der Waals surface area contributed by atoms with Crippen molar-refractivity contribution in [3.63, 3.8) is 0 Å². The van der Waals surface area contributed by atoms with Crippen LogP contribution in [0.3, 0.4) is 0 Å². The first-order valence-electron chi connectivity index (χ1n) is 12.1. The van der Waals surface area contributed by atoms with E-state index in [2.05, 4.69) is 15.7 Å². The molecule has 7 nitrogen and oxygen atoms in total. The number of carbonyl (C=O) groups excluding carboxylic acids is 2. The standard InChI is InChI=1S/C25H23Cl2F3N4O3S/c1-2-37-24(36)21-13-5-3-4-6-18(13)38-23(21)32-22(35)17-11-20-31-16(12-7-8-14(26)15(27)9-12)10-19(25(28,29)30)34(20)33-17/h7-9,11,16,19,31H,2-6,10H2,1H3,(H,32,35)/t16-,19-/m0/s1. The lowest BCUT2D eigenvalue weighted by Crippen LogP contribution is -2.35. The van der Waals surface area contributed by atoms with E-state index >= 15 is 0 Å². The number of benzene rings is 1. The van der Waals surface area contributed by atoms with Crippen molar-refractivity contribution in [2.45, 2.75) is 57.3 Å². The Morgan fingerprint density at radius 3 is 2.68 bits per heavy atom. The van der Waals surface area contributed by atoms with E-state index in [9.17, 15) is 22.8 Å². The predicted octanol–water partition coefficient (Wildman–Crippen LogP) is 7.22. The molecule has 3 aromatic rings. The average Bonchev–Trinajstić information content (AvgIpc) is 3.46. The molecule has 5 rings (SSSR count). The van der Waals surface area contributed by atoms with Crippen molar-refractivity contribution in [1.29, 1.82) is 0 Å². The van der Waals surface area contributed by atoms with Crippen LogP contribution in [0, 0.1) is 0 Å². The van der Waals surface area contributed by atoms with E-state index in [0.717, 1.165) is 34.4 Å². The fraction of sp³-hybridized carbons (Fsp3) is 0.400. The van der Waals surface area contributed by atoms with Gasteiger partial charge in [0.1, 0.15) is 10.8 Å². The van der Waals surface area contributed by atoms with Crippen molar-refractivity contribution in [3.05, 3.63) is 61.6 Å². The third kappa shape index (κ3) is 5.11. The second-order valence-electron chi connectivity index (χ2n) is 9.11. The van der Waals surface area contributed by atoms with Gasteiger partial charge in [-0.3, -0.25) is 4.79 Å².